The molecule has 0 N–H and O–H groups in total. The third-order valence-corrected chi connectivity index (χ3v) is 13.5. The zero-order valence-electron chi connectivity index (χ0n) is 38.4. The number of nitrogens with zero attached hydrogens (tertiary/aromatic N) is 4. The number of benzene rings is 7. The maximum atomic E-state index is 6.84. The molecule has 0 fully saturated rings. The van der Waals surface area contributed by atoms with Gasteiger partial charge in [-0.05, 0) is 40.6 Å². The van der Waals surface area contributed by atoms with Gasteiger partial charge >= 0.3 is 0 Å². The molecule has 10 rings (SSSR count). The fraction of sp³-hybridized carbons (Fsp3) is 0. The molecule has 5 nitrogen and oxygen atoms in total. The third kappa shape index (κ3) is 7.28. The highest BCUT2D eigenvalue weighted by Crippen LogP contribution is 2.40. The molecule has 0 saturated heterocycles. The van der Waals surface area contributed by atoms with E-state index in [9.17, 15) is 0 Å². The van der Waals surface area contributed by atoms with E-state index in [1.54, 1.807) is 34.9 Å². The highest BCUT2D eigenvalue weighted by atomic mass is 16.3. The summed E-state index contributed by atoms with van der Waals surface area (Å²) >= 11 is 0. The Labute approximate surface area is 452 Å². The molecule has 280 valence electrons. The van der Waals surface area contributed by atoms with Crippen molar-refractivity contribution in [2.45, 2.75) is 0 Å². The van der Waals surface area contributed by atoms with Crippen molar-refractivity contribution in [3.05, 3.63) is 30.3 Å². The summed E-state index contributed by atoms with van der Waals surface area (Å²) in [6, 6.07) is 8.51. The lowest BCUT2D eigenvalue weighted by Crippen LogP contribution is -2.55. The molecule has 7 aromatic carbocycles. The van der Waals surface area contributed by atoms with Crippen molar-refractivity contribution in [3.8, 4) is 51.0 Å². The fourth-order valence-electron chi connectivity index (χ4n) is 9.34. The van der Waals surface area contributed by atoms with E-state index >= 15 is 0 Å². The molecule has 0 saturated carbocycles. The quantitative estimate of drug-likeness (QED) is 0.162. The molecule has 3 heterocycles. The Hall–Kier alpha value is -5.36. The largest absolute Gasteiger partial charge is 0.455 e. The van der Waals surface area contributed by atoms with Gasteiger partial charge in [-0.2, -0.15) is 0 Å². The lowest BCUT2D eigenvalue weighted by atomic mass is 9.59. The molecule has 10 aromatic rings. The highest BCUT2D eigenvalue weighted by molar-refractivity contribution is 6.74. The topological polar surface area (TPSA) is 56.7 Å². The van der Waals surface area contributed by atoms with Crippen LogP contribution >= 0.6 is 0 Å². The van der Waals surface area contributed by atoms with Crippen LogP contribution in [0.2, 0.25) is 0 Å². The van der Waals surface area contributed by atoms with Gasteiger partial charge in [0.2, 0.25) is 0 Å². The maximum Gasteiger partial charge on any atom is 0.164 e. The minimum atomic E-state index is -0.127. The van der Waals surface area contributed by atoms with Crippen LogP contribution in [0.4, 0.5) is 0 Å². The highest BCUT2D eigenvalue weighted by Gasteiger charge is 2.27. The van der Waals surface area contributed by atoms with Crippen molar-refractivity contribution < 1.29 is 4.42 Å². The van der Waals surface area contributed by atoms with Crippen LogP contribution in [-0.4, -0.2) is 200 Å². The number of hydrogen-bond acceptors (Lipinski definition) is 4. The predicted octanol–water partition coefficient (Wildman–Crippen LogP) is -16.2. The van der Waals surface area contributed by atoms with E-state index < -0.39 is 0 Å². The molecule has 0 bridgehead atoms. The van der Waals surface area contributed by atoms with Crippen molar-refractivity contribution >= 4 is 350 Å². The van der Waals surface area contributed by atoms with Crippen molar-refractivity contribution in [3.63, 3.8) is 0 Å². The van der Waals surface area contributed by atoms with Crippen molar-refractivity contribution in [1.29, 1.82) is 0 Å². The Bertz CT molecular complexity index is 3960. The predicted molar refractivity (Wildman–Crippen MR) is 327 cm³/mol. The van der Waals surface area contributed by atoms with E-state index in [1.807, 2.05) is 0 Å². The molecular weight excluding hydrogens is 861 g/mol. The van der Waals surface area contributed by atoms with Gasteiger partial charge in [0.1, 0.15) is 192 Å². The van der Waals surface area contributed by atoms with Gasteiger partial charge in [-0.15, -0.1) is 71.0 Å². The molecule has 0 atom stereocenters. The molecule has 3 aromatic heterocycles. The number of rotatable bonds is 5. The SMILES string of the molecule is [B]c1c([B])c([B])c(-c2nc(-c3ccc4c(c3)oc3c(-c5c([B])c([B])c([B])c([B])c5[B])cc(-n5c6c([B])c([B])c([B])c([B])c6c6c([B])c([B])c([B])c([B])c65)cc34)nc(-c3c([B])c([B])c([B])c([B])c3[B])n2)c([B])c1[B]. The molecule has 46 radical (unpaired) electrons. The second-order valence-electron chi connectivity index (χ2n) is 17.4. The van der Waals surface area contributed by atoms with Gasteiger partial charge < -0.3 is 8.98 Å². The molecule has 28 heteroatoms. The Morgan fingerprint density at radius 3 is 1.07 bits per heavy atom. The van der Waals surface area contributed by atoms with Gasteiger partial charge in [0.25, 0.3) is 0 Å². The van der Waals surface area contributed by atoms with Gasteiger partial charge in [0.05, 0.1) is 0 Å². The average molecular weight is 866 g/mol. The zero-order chi connectivity index (χ0) is 53.0. The molecule has 0 aliphatic carbocycles. The van der Waals surface area contributed by atoms with Crippen LogP contribution in [0.3, 0.4) is 0 Å². The van der Waals surface area contributed by atoms with Crippen LogP contribution in [0.25, 0.3) is 94.7 Å². The van der Waals surface area contributed by atoms with Crippen molar-refractivity contribution in [1.82, 2.24) is 19.5 Å². The average Bonchev–Trinajstić information content (AvgIpc) is 3.94. The smallest absolute Gasteiger partial charge is 0.164 e. The van der Waals surface area contributed by atoms with Crippen LogP contribution in [-0.2, 0) is 0 Å². The summed E-state index contributed by atoms with van der Waals surface area (Å²) in [4.78, 5) is 14.3. The molecule has 0 aliphatic rings. The van der Waals surface area contributed by atoms with E-state index in [-0.39, 0.29) is 198 Å². The van der Waals surface area contributed by atoms with Crippen molar-refractivity contribution in [2.75, 3.05) is 0 Å². The number of aromatic nitrogens is 4. The number of hydrogen-bond donors (Lipinski definition) is 0. The minimum absolute atomic E-state index is 0.00157. The van der Waals surface area contributed by atoms with E-state index in [4.69, 9.17) is 195 Å². The number of furan rings is 1. The first-order chi connectivity index (χ1) is 34.3. The second kappa shape index (κ2) is 17.9. The summed E-state index contributed by atoms with van der Waals surface area (Å²) in [6.07, 6.45) is 0. The summed E-state index contributed by atoms with van der Waals surface area (Å²) in [5.74, 6) is -0.257. The molecule has 0 aliphatic heterocycles. The monoisotopic (exact) mass is 870 g/mol. The summed E-state index contributed by atoms with van der Waals surface area (Å²) in [5.41, 5.74) is 1.28. The standard InChI is InChI=1S/C45H5B23N4O/c46-17-12(18(47)26(55)33(62)25(17)54)10-5-7(72-40-13(19(48)27(56)36(65)38(40)67)14-20(49)28(57)37(66)39(68)41(14)72)4-9-8-2-1-6(3-11(8)73-42(9)10)43-69-44(15-21(50)29(58)34(63)30(59)22(15)51)71-45(70-43)16-23(52)31(60)35(64)32(61)24(16)53/h1-5H. The lowest BCUT2D eigenvalue weighted by Gasteiger charge is -2.23. The van der Waals surface area contributed by atoms with Crippen LogP contribution < -0.4 is 126 Å². The van der Waals surface area contributed by atoms with Gasteiger partial charge in [-0.1, -0.05) is 60.7 Å². The molecule has 0 amide bonds. The third-order valence-electron chi connectivity index (χ3n) is 13.5. The van der Waals surface area contributed by atoms with Gasteiger partial charge in [-0.3, -0.25) is 0 Å². The second-order valence-corrected chi connectivity index (χ2v) is 17.4. The Morgan fingerprint density at radius 2 is 0.658 bits per heavy atom. The number of fused-ring (bicyclic) bond motifs is 6. The van der Waals surface area contributed by atoms with E-state index in [1.165, 1.54) is 0 Å². The first-order valence-corrected chi connectivity index (χ1v) is 21.5. The Balaban J connectivity index is 1.33. The summed E-state index contributed by atoms with van der Waals surface area (Å²) in [5, 5.41) is 1.55. The zero-order valence-corrected chi connectivity index (χ0v) is 38.4. The van der Waals surface area contributed by atoms with Crippen LogP contribution in [0.5, 0.6) is 0 Å². The molecule has 0 unspecified atom stereocenters. The Morgan fingerprint density at radius 1 is 0.315 bits per heavy atom. The van der Waals surface area contributed by atoms with Gasteiger partial charge in [-0.25, -0.2) is 15.0 Å². The van der Waals surface area contributed by atoms with E-state index in [0.29, 0.717) is 22.0 Å². The van der Waals surface area contributed by atoms with Gasteiger partial charge in [0.15, 0.2) is 17.5 Å². The maximum absolute atomic E-state index is 6.84. The molecule has 0 spiro atoms. The fourth-order valence-corrected chi connectivity index (χ4v) is 9.34. The van der Waals surface area contributed by atoms with Crippen LogP contribution in [0.15, 0.2) is 34.7 Å². The normalized spacial score (nSPS) is 11.7. The Kier molecular flexibility index (Phi) is 12.5. The minimum Gasteiger partial charge on any atom is -0.455 e. The summed E-state index contributed by atoms with van der Waals surface area (Å²) in [6.45, 7) is 0. The van der Waals surface area contributed by atoms with Crippen molar-refractivity contribution in [2.24, 2.45) is 0 Å². The lowest BCUT2D eigenvalue weighted by molar-refractivity contribution is 0.670. The molecule has 73 heavy (non-hydrogen) atoms. The van der Waals surface area contributed by atoms with E-state index in [2.05, 4.69) is 4.98 Å². The summed E-state index contributed by atoms with van der Waals surface area (Å²) in [7, 11) is 149. The van der Waals surface area contributed by atoms with Crippen LogP contribution in [0.1, 0.15) is 0 Å². The van der Waals surface area contributed by atoms with Crippen LogP contribution in [0, 0.1) is 0 Å². The van der Waals surface area contributed by atoms with Gasteiger partial charge in [0, 0.05) is 49.7 Å². The first-order valence-electron chi connectivity index (χ1n) is 21.5. The summed E-state index contributed by atoms with van der Waals surface area (Å²) < 4.78 is 8.44. The molecular formula is C45H5B23N4O. The van der Waals surface area contributed by atoms with E-state index in [0.717, 1.165) is 0 Å². The first kappa shape index (κ1) is 51.1.